The smallest absolute Gasteiger partial charge is 0.141 e. The molecule has 0 unspecified atom stereocenters. The third-order valence-electron chi connectivity index (χ3n) is 3.71. The van der Waals surface area contributed by atoms with Gasteiger partial charge in [-0.3, -0.25) is 4.90 Å². The largest absolute Gasteiger partial charge is 0.345 e. The van der Waals surface area contributed by atoms with Gasteiger partial charge in [0.2, 0.25) is 0 Å². The van der Waals surface area contributed by atoms with Crippen LogP contribution in [0.25, 0.3) is 0 Å². The molecule has 0 saturated heterocycles. The second-order valence-electron chi connectivity index (χ2n) is 5.13. The van der Waals surface area contributed by atoms with Gasteiger partial charge in [0.15, 0.2) is 0 Å². The van der Waals surface area contributed by atoms with E-state index >= 15 is 0 Å². The first-order valence-electron chi connectivity index (χ1n) is 6.40. The van der Waals surface area contributed by atoms with E-state index in [9.17, 15) is 0 Å². The Kier molecular flexibility index (Phi) is 4.43. The van der Waals surface area contributed by atoms with Crippen LogP contribution in [0, 0.1) is 20.8 Å². The molecule has 0 amide bonds. The third-order valence-corrected chi connectivity index (χ3v) is 3.71. The van der Waals surface area contributed by atoms with Crippen LogP contribution in [0.1, 0.15) is 38.1 Å². The molecule has 3 heteroatoms. The summed E-state index contributed by atoms with van der Waals surface area (Å²) in [4.78, 5) is 6.69. The Hall–Kier alpha value is -2.03. The standard InChI is InChI=1S/C16H21N3.CH4/c1-9-8-10(2)16(18-12(9)4)19-14(6)11(3)13(5)17-15(19)7;/h8,17H,6-7H2,1-5H3;1H4. The van der Waals surface area contributed by atoms with Crippen LogP contribution in [0.5, 0.6) is 0 Å². The van der Waals surface area contributed by atoms with Gasteiger partial charge < -0.3 is 5.32 Å². The van der Waals surface area contributed by atoms with Crippen molar-refractivity contribution >= 4 is 5.82 Å². The highest BCUT2D eigenvalue weighted by Gasteiger charge is 2.24. The van der Waals surface area contributed by atoms with E-state index in [1.807, 2.05) is 18.7 Å². The highest BCUT2D eigenvalue weighted by molar-refractivity contribution is 5.64. The number of nitrogens with zero attached hydrogens (tertiary/aromatic N) is 2. The van der Waals surface area contributed by atoms with Gasteiger partial charge in [-0.1, -0.05) is 26.7 Å². The summed E-state index contributed by atoms with van der Waals surface area (Å²) in [6.45, 7) is 18.5. The van der Waals surface area contributed by atoms with Crippen LogP contribution in [0.4, 0.5) is 5.82 Å². The highest BCUT2D eigenvalue weighted by Crippen LogP contribution is 2.32. The van der Waals surface area contributed by atoms with Gasteiger partial charge in [-0.15, -0.1) is 0 Å². The molecule has 0 radical (unpaired) electrons. The molecule has 2 rings (SSSR count). The quantitative estimate of drug-likeness (QED) is 0.824. The molecule has 1 N–H and O–H groups in total. The molecule has 0 aromatic carbocycles. The normalized spacial score (nSPS) is 15.2. The molecule has 1 aromatic rings. The Bertz CT molecular complexity index is 609. The van der Waals surface area contributed by atoms with Crippen molar-refractivity contribution in [1.82, 2.24) is 10.3 Å². The lowest BCUT2D eigenvalue weighted by Gasteiger charge is -2.35. The van der Waals surface area contributed by atoms with Crippen molar-refractivity contribution in [3.8, 4) is 0 Å². The lowest BCUT2D eigenvalue weighted by atomic mass is 10.1. The number of pyridine rings is 1. The van der Waals surface area contributed by atoms with Gasteiger partial charge >= 0.3 is 0 Å². The van der Waals surface area contributed by atoms with E-state index in [1.165, 1.54) is 5.56 Å². The first-order valence-corrected chi connectivity index (χ1v) is 6.40. The summed E-state index contributed by atoms with van der Waals surface area (Å²) in [6, 6.07) is 2.15. The maximum absolute atomic E-state index is 4.70. The van der Waals surface area contributed by atoms with Crippen molar-refractivity contribution in [3.63, 3.8) is 0 Å². The Labute approximate surface area is 122 Å². The molecule has 0 spiro atoms. The topological polar surface area (TPSA) is 28.2 Å². The minimum absolute atomic E-state index is 0. The summed E-state index contributed by atoms with van der Waals surface area (Å²) in [7, 11) is 0. The van der Waals surface area contributed by atoms with E-state index in [1.54, 1.807) is 0 Å². The van der Waals surface area contributed by atoms with E-state index < -0.39 is 0 Å². The summed E-state index contributed by atoms with van der Waals surface area (Å²) in [5.41, 5.74) is 6.51. The maximum atomic E-state index is 4.70. The molecule has 0 atom stereocenters. The molecule has 0 aliphatic carbocycles. The van der Waals surface area contributed by atoms with E-state index in [4.69, 9.17) is 4.98 Å². The second-order valence-corrected chi connectivity index (χ2v) is 5.13. The summed E-state index contributed by atoms with van der Waals surface area (Å²) in [6.07, 6.45) is 0. The van der Waals surface area contributed by atoms with Crippen molar-refractivity contribution in [2.75, 3.05) is 4.90 Å². The lowest BCUT2D eigenvalue weighted by molar-refractivity contribution is 0.826. The highest BCUT2D eigenvalue weighted by atomic mass is 15.3. The van der Waals surface area contributed by atoms with Crippen LogP contribution in [0.3, 0.4) is 0 Å². The molecular formula is C17H25N3. The van der Waals surface area contributed by atoms with E-state index in [0.29, 0.717) is 0 Å². The number of anilines is 1. The molecule has 0 saturated carbocycles. The third kappa shape index (κ3) is 2.48. The number of hydrogen-bond acceptors (Lipinski definition) is 3. The van der Waals surface area contributed by atoms with Crippen LogP contribution in [-0.4, -0.2) is 4.98 Å². The van der Waals surface area contributed by atoms with E-state index in [-0.39, 0.29) is 7.43 Å². The number of aryl methyl sites for hydroxylation is 3. The van der Waals surface area contributed by atoms with Gasteiger partial charge in [0.1, 0.15) is 11.6 Å². The van der Waals surface area contributed by atoms with Crippen molar-refractivity contribution in [3.05, 3.63) is 58.8 Å². The number of nitrogens with one attached hydrogen (secondary N) is 1. The average Bonchev–Trinajstić information content (AvgIpc) is 2.33. The Morgan fingerprint density at radius 3 is 2.25 bits per heavy atom. The molecule has 1 aliphatic rings. The maximum Gasteiger partial charge on any atom is 0.141 e. The lowest BCUT2D eigenvalue weighted by Crippen LogP contribution is -2.36. The Morgan fingerprint density at radius 2 is 1.65 bits per heavy atom. The first-order chi connectivity index (χ1) is 8.82. The zero-order valence-electron chi connectivity index (χ0n) is 12.4. The fourth-order valence-corrected chi connectivity index (χ4v) is 2.22. The minimum Gasteiger partial charge on any atom is -0.345 e. The summed E-state index contributed by atoms with van der Waals surface area (Å²) < 4.78 is 0. The van der Waals surface area contributed by atoms with Crippen molar-refractivity contribution in [2.24, 2.45) is 0 Å². The summed E-state index contributed by atoms with van der Waals surface area (Å²) in [5, 5.41) is 3.28. The van der Waals surface area contributed by atoms with Gasteiger partial charge in [-0.05, 0) is 51.3 Å². The Morgan fingerprint density at radius 1 is 1.05 bits per heavy atom. The minimum atomic E-state index is 0. The monoisotopic (exact) mass is 271 g/mol. The molecule has 0 bridgehead atoms. The van der Waals surface area contributed by atoms with Gasteiger partial charge in [-0.2, -0.15) is 0 Å². The predicted octanol–water partition coefficient (Wildman–Crippen LogP) is 4.33. The van der Waals surface area contributed by atoms with Crippen molar-refractivity contribution < 1.29 is 0 Å². The van der Waals surface area contributed by atoms with Crippen LogP contribution in [0.2, 0.25) is 0 Å². The van der Waals surface area contributed by atoms with Crippen LogP contribution in [0.15, 0.2) is 42.0 Å². The molecule has 20 heavy (non-hydrogen) atoms. The van der Waals surface area contributed by atoms with Crippen LogP contribution in [-0.2, 0) is 0 Å². The predicted molar refractivity (Wildman–Crippen MR) is 87.4 cm³/mol. The fourth-order valence-electron chi connectivity index (χ4n) is 2.22. The van der Waals surface area contributed by atoms with E-state index in [2.05, 4.69) is 45.3 Å². The van der Waals surface area contributed by atoms with Crippen molar-refractivity contribution in [2.45, 2.75) is 42.0 Å². The molecule has 1 aromatic heterocycles. The molecule has 3 nitrogen and oxygen atoms in total. The number of allylic oxidation sites excluding steroid dienone is 2. The number of hydrogen-bond donors (Lipinski definition) is 1. The van der Waals surface area contributed by atoms with Gasteiger partial charge in [0.25, 0.3) is 0 Å². The van der Waals surface area contributed by atoms with Gasteiger partial charge in [0, 0.05) is 17.1 Å². The Balaban J connectivity index is 0.00000200. The summed E-state index contributed by atoms with van der Waals surface area (Å²) >= 11 is 0. The van der Waals surface area contributed by atoms with Gasteiger partial charge in [0.05, 0.1) is 0 Å². The summed E-state index contributed by atoms with van der Waals surface area (Å²) in [5.74, 6) is 1.70. The first kappa shape index (κ1) is 16.0. The zero-order chi connectivity index (χ0) is 14.3. The zero-order valence-corrected chi connectivity index (χ0v) is 12.4. The molecule has 108 valence electrons. The second kappa shape index (κ2) is 5.53. The van der Waals surface area contributed by atoms with E-state index in [0.717, 1.165) is 39.9 Å². The van der Waals surface area contributed by atoms with Crippen molar-refractivity contribution in [1.29, 1.82) is 0 Å². The SMILES string of the molecule is C.C=C1NC(C)=C(C)C(=C)N1c1nc(C)c(C)cc1C. The van der Waals surface area contributed by atoms with Crippen LogP contribution >= 0.6 is 0 Å². The molecule has 0 fully saturated rings. The fraction of sp³-hybridized carbons (Fsp3) is 0.353. The number of rotatable bonds is 1. The molecular weight excluding hydrogens is 246 g/mol. The molecule has 2 heterocycles. The average molecular weight is 271 g/mol. The molecule has 1 aliphatic heterocycles. The van der Waals surface area contributed by atoms with Crippen LogP contribution < -0.4 is 10.2 Å². The van der Waals surface area contributed by atoms with Gasteiger partial charge in [-0.25, -0.2) is 4.98 Å². The number of aromatic nitrogens is 1.